The molecule has 3 N–H and O–H groups in total. The molecule has 0 fully saturated rings. The zero-order valence-corrected chi connectivity index (χ0v) is 43.2. The van der Waals surface area contributed by atoms with Gasteiger partial charge in [0.2, 0.25) is 5.91 Å². The number of allylic oxidation sites excluding steroid dienone is 8. The first-order chi connectivity index (χ1) is 32.0. The quantitative estimate of drug-likeness (QED) is 0.0321. The molecule has 2 unspecified atom stereocenters. The Morgan fingerprint density at radius 3 is 1.22 bits per heavy atom. The summed E-state index contributed by atoms with van der Waals surface area (Å²) in [6, 6.07) is -0.588. The Balaban J connectivity index is 3.56. The van der Waals surface area contributed by atoms with Crippen molar-refractivity contribution in [1.29, 1.82) is 0 Å². The van der Waals surface area contributed by atoms with Gasteiger partial charge >= 0.3 is 5.97 Å². The number of aliphatic hydroxyl groups excluding tert-OH is 2. The van der Waals surface area contributed by atoms with Gasteiger partial charge in [-0.15, -0.1) is 0 Å². The number of hydrogen-bond acceptors (Lipinski definition) is 5. The average Bonchev–Trinajstić information content (AvgIpc) is 3.31. The maximum atomic E-state index is 12.4. The molecule has 2 atom stereocenters. The molecule has 0 saturated carbocycles. The van der Waals surface area contributed by atoms with E-state index in [2.05, 4.69) is 61.7 Å². The van der Waals surface area contributed by atoms with Gasteiger partial charge in [-0.3, -0.25) is 9.59 Å². The molecule has 0 spiro atoms. The number of esters is 1. The second-order valence-corrected chi connectivity index (χ2v) is 19.3. The summed E-state index contributed by atoms with van der Waals surface area (Å²) >= 11 is 0. The average molecular weight is 913 g/mol. The third-order valence-electron chi connectivity index (χ3n) is 12.9. The number of carbonyl (C=O) groups excluding carboxylic acids is 2. The van der Waals surface area contributed by atoms with E-state index in [1.165, 1.54) is 186 Å². The van der Waals surface area contributed by atoms with Crippen molar-refractivity contribution in [2.24, 2.45) is 0 Å². The molecule has 0 rings (SSSR count). The van der Waals surface area contributed by atoms with Crippen molar-refractivity contribution in [2.75, 3.05) is 13.2 Å². The van der Waals surface area contributed by atoms with Crippen LogP contribution in [0.3, 0.4) is 0 Å². The van der Waals surface area contributed by atoms with E-state index >= 15 is 0 Å². The summed E-state index contributed by atoms with van der Waals surface area (Å²) in [5, 5.41) is 23.2. The summed E-state index contributed by atoms with van der Waals surface area (Å²) < 4.78 is 5.45. The summed E-state index contributed by atoms with van der Waals surface area (Å²) in [6.45, 7) is 4.87. The molecule has 0 aliphatic rings. The number of aliphatic hydroxyl groups is 2. The van der Waals surface area contributed by atoms with Gasteiger partial charge in [-0.25, -0.2) is 0 Å². The lowest BCUT2D eigenvalue weighted by Gasteiger charge is -2.22. The minimum Gasteiger partial charge on any atom is -0.466 e. The molecule has 0 aliphatic heterocycles. The Labute approximate surface area is 404 Å². The minimum absolute atomic E-state index is 0.0306. The van der Waals surface area contributed by atoms with Crippen LogP contribution < -0.4 is 5.32 Å². The van der Waals surface area contributed by atoms with E-state index in [9.17, 15) is 19.8 Å². The molecule has 65 heavy (non-hydrogen) atoms. The highest BCUT2D eigenvalue weighted by molar-refractivity contribution is 5.76. The molecule has 380 valence electrons. The van der Waals surface area contributed by atoms with E-state index in [1.54, 1.807) is 0 Å². The Morgan fingerprint density at radius 1 is 0.431 bits per heavy atom. The first-order valence-electron chi connectivity index (χ1n) is 28.4. The third kappa shape index (κ3) is 51.1. The number of hydrogen-bond donors (Lipinski definition) is 3. The van der Waals surface area contributed by atoms with E-state index in [0.29, 0.717) is 32.3 Å². The van der Waals surface area contributed by atoms with Gasteiger partial charge in [0.15, 0.2) is 0 Å². The van der Waals surface area contributed by atoms with Gasteiger partial charge < -0.3 is 20.3 Å². The van der Waals surface area contributed by atoms with Gasteiger partial charge in [-0.1, -0.05) is 249 Å². The molecule has 0 radical (unpaired) electrons. The van der Waals surface area contributed by atoms with Crippen molar-refractivity contribution < 1.29 is 24.5 Å². The predicted molar refractivity (Wildman–Crippen MR) is 282 cm³/mol. The lowest BCUT2D eigenvalue weighted by molar-refractivity contribution is -0.143. The Morgan fingerprint density at radius 2 is 0.785 bits per heavy atom. The van der Waals surface area contributed by atoms with Crippen LogP contribution in [0.15, 0.2) is 48.6 Å². The van der Waals surface area contributed by atoms with Crippen molar-refractivity contribution in [3.63, 3.8) is 0 Å². The van der Waals surface area contributed by atoms with Crippen LogP contribution in [-0.2, 0) is 14.3 Å². The molecule has 6 nitrogen and oxygen atoms in total. The van der Waals surface area contributed by atoms with Crippen LogP contribution in [0.25, 0.3) is 0 Å². The molecule has 0 aliphatic carbocycles. The molecule has 0 aromatic rings. The zero-order valence-electron chi connectivity index (χ0n) is 43.2. The van der Waals surface area contributed by atoms with Gasteiger partial charge in [0.25, 0.3) is 0 Å². The molecule has 0 saturated heterocycles. The van der Waals surface area contributed by atoms with Crippen LogP contribution in [0.4, 0.5) is 0 Å². The minimum atomic E-state index is -0.701. The van der Waals surface area contributed by atoms with Crippen LogP contribution in [0, 0.1) is 0 Å². The number of unbranched alkanes of at least 4 members (excludes halogenated alkanes) is 33. The highest BCUT2D eigenvalue weighted by Crippen LogP contribution is 2.16. The number of amides is 1. The van der Waals surface area contributed by atoms with E-state index in [0.717, 1.165) is 64.2 Å². The molecule has 0 aromatic carbocycles. The second-order valence-electron chi connectivity index (χ2n) is 19.3. The Hall–Kier alpha value is -2.18. The third-order valence-corrected chi connectivity index (χ3v) is 12.9. The summed E-state index contributed by atoms with van der Waals surface area (Å²) in [7, 11) is 0. The van der Waals surface area contributed by atoms with Crippen molar-refractivity contribution in [3.8, 4) is 0 Å². The van der Waals surface area contributed by atoms with Gasteiger partial charge in [-0.2, -0.15) is 0 Å². The van der Waals surface area contributed by atoms with Gasteiger partial charge in [-0.05, 0) is 77.0 Å². The lowest BCUT2D eigenvalue weighted by Crippen LogP contribution is -2.45. The fourth-order valence-corrected chi connectivity index (χ4v) is 8.48. The lowest BCUT2D eigenvalue weighted by atomic mass is 10.0. The Bertz CT molecular complexity index is 1100. The molecule has 0 bridgehead atoms. The van der Waals surface area contributed by atoms with Crippen LogP contribution in [0.5, 0.6) is 0 Å². The van der Waals surface area contributed by atoms with Gasteiger partial charge in [0.05, 0.1) is 25.4 Å². The van der Waals surface area contributed by atoms with Gasteiger partial charge in [0, 0.05) is 12.8 Å². The van der Waals surface area contributed by atoms with Crippen LogP contribution in [0.2, 0.25) is 0 Å². The van der Waals surface area contributed by atoms with E-state index < -0.39 is 12.1 Å². The highest BCUT2D eigenvalue weighted by atomic mass is 16.5. The van der Waals surface area contributed by atoms with Crippen molar-refractivity contribution in [1.82, 2.24) is 5.32 Å². The topological polar surface area (TPSA) is 95.9 Å². The fraction of sp³-hybridized carbons (Fsp3) is 0.831. The normalized spacial score (nSPS) is 13.0. The number of nitrogens with one attached hydrogen (secondary N) is 1. The zero-order chi connectivity index (χ0) is 47.2. The highest BCUT2D eigenvalue weighted by Gasteiger charge is 2.19. The molecule has 0 aromatic heterocycles. The summed E-state index contributed by atoms with van der Waals surface area (Å²) in [5.41, 5.74) is 0. The monoisotopic (exact) mass is 912 g/mol. The predicted octanol–water partition coefficient (Wildman–Crippen LogP) is 17.4. The van der Waals surface area contributed by atoms with Crippen molar-refractivity contribution in [3.05, 3.63) is 48.6 Å². The first-order valence-corrected chi connectivity index (χ1v) is 28.4. The van der Waals surface area contributed by atoms with Crippen LogP contribution >= 0.6 is 0 Å². The number of rotatable bonds is 52. The van der Waals surface area contributed by atoms with E-state index in [1.807, 2.05) is 6.08 Å². The summed E-state index contributed by atoms with van der Waals surface area (Å²) in [6.07, 6.45) is 68.2. The first kappa shape index (κ1) is 62.8. The van der Waals surface area contributed by atoms with Crippen LogP contribution in [-0.4, -0.2) is 47.4 Å². The molecular weight excluding hydrogens is 803 g/mol. The maximum absolute atomic E-state index is 12.4. The molecule has 6 heteroatoms. The van der Waals surface area contributed by atoms with Gasteiger partial charge in [0.1, 0.15) is 0 Å². The molecule has 0 heterocycles. The summed E-state index contributed by atoms with van der Waals surface area (Å²) in [4.78, 5) is 24.5. The number of ether oxygens (including phenoxy) is 1. The second kappa shape index (κ2) is 54.4. The standard InChI is InChI=1S/C59H109NO5/c1-3-5-7-9-11-13-15-17-19-21-22-23-24-27-31-35-39-43-47-51-57(62)56(55-61)60-58(63)52-48-44-40-36-32-28-26-30-34-38-42-46-50-54-65-59(64)53-49-45-41-37-33-29-25-20-18-16-14-12-10-8-6-4-2/h14,16,20,25,28,32,40,44,56-57,61-62H,3-13,15,17-19,21-24,26-27,29-31,33-39,41-43,45-55H2,1-2H3,(H,60,63)/b16-14-,25-20-,32-28-,44-40-. The molecule has 1 amide bonds. The van der Waals surface area contributed by atoms with Crippen LogP contribution in [0.1, 0.15) is 290 Å². The summed E-state index contributed by atoms with van der Waals surface area (Å²) in [5.74, 6) is -0.146. The SMILES string of the molecule is CCCCCC/C=C\C/C=C\CCCCCCCC(=O)OCCCCCCCC/C=C\C/C=C\CCC(=O)NC(CO)C(O)CCCCCCCCCCCCCCCCCCCCC. The maximum Gasteiger partial charge on any atom is 0.305 e. The fourth-order valence-electron chi connectivity index (χ4n) is 8.48. The van der Waals surface area contributed by atoms with Crippen molar-refractivity contribution in [2.45, 2.75) is 302 Å². The largest absolute Gasteiger partial charge is 0.466 e. The van der Waals surface area contributed by atoms with E-state index in [4.69, 9.17) is 4.74 Å². The van der Waals surface area contributed by atoms with E-state index in [-0.39, 0.29) is 18.5 Å². The smallest absolute Gasteiger partial charge is 0.305 e. The Kier molecular flexibility index (Phi) is 52.6. The van der Waals surface area contributed by atoms with Crippen molar-refractivity contribution >= 4 is 11.9 Å². The molecular formula is C59H109NO5. The number of carbonyl (C=O) groups is 2.